The number of amides is 1. The van der Waals surface area contributed by atoms with Gasteiger partial charge >= 0.3 is 0 Å². The molecule has 3 N–H and O–H groups in total. The summed E-state index contributed by atoms with van der Waals surface area (Å²) in [6.45, 7) is 2.81. The molecule has 0 aromatic carbocycles. The van der Waals surface area contributed by atoms with Crippen molar-refractivity contribution in [3.8, 4) is 5.88 Å². The zero-order valence-corrected chi connectivity index (χ0v) is 16.2. The molecule has 0 spiro atoms. The molecule has 2 fully saturated rings. The molecule has 1 saturated carbocycles. The van der Waals surface area contributed by atoms with Gasteiger partial charge in [0.25, 0.3) is 5.91 Å². The Labute approximate surface area is 171 Å². The molecule has 9 nitrogen and oxygen atoms in total. The molecular weight excluding hydrogens is 389 g/mol. The van der Waals surface area contributed by atoms with Crippen LogP contribution in [0.2, 0.25) is 0 Å². The average Bonchev–Trinajstić information content (AvgIpc) is 3.24. The van der Waals surface area contributed by atoms with Crippen LogP contribution < -0.4 is 20.7 Å². The summed E-state index contributed by atoms with van der Waals surface area (Å²) in [6.07, 6.45) is 3.99. The van der Waals surface area contributed by atoms with Crippen molar-refractivity contribution < 1.29 is 13.9 Å². The fourth-order valence-corrected chi connectivity index (χ4v) is 4.73. The van der Waals surface area contributed by atoms with Crippen LogP contribution in [0.25, 0.3) is 5.65 Å². The highest BCUT2D eigenvalue weighted by Crippen LogP contribution is 2.58. The SMILES string of the molecule is C[C@@H]1COc2ncc(F)cc2[C@H]2[C@@H]3C[C@@H]3CN2c2ccn3nc(N)c(c3n2)C(=O)N1. The van der Waals surface area contributed by atoms with Gasteiger partial charge in [-0.25, -0.2) is 18.9 Å². The van der Waals surface area contributed by atoms with Gasteiger partial charge in [0.2, 0.25) is 5.88 Å². The summed E-state index contributed by atoms with van der Waals surface area (Å²) in [5.41, 5.74) is 7.38. The highest BCUT2D eigenvalue weighted by atomic mass is 19.1. The van der Waals surface area contributed by atoms with E-state index in [9.17, 15) is 9.18 Å². The first-order valence-corrected chi connectivity index (χ1v) is 10.00. The summed E-state index contributed by atoms with van der Waals surface area (Å²) in [5.74, 6) is 1.35. The first-order chi connectivity index (χ1) is 14.5. The molecule has 0 unspecified atom stereocenters. The Morgan fingerprint density at radius 1 is 1.40 bits per heavy atom. The molecule has 3 aliphatic rings. The number of nitrogens with one attached hydrogen (secondary N) is 1. The van der Waals surface area contributed by atoms with Crippen LogP contribution in [-0.4, -0.2) is 44.7 Å². The smallest absolute Gasteiger partial charge is 0.259 e. The molecular formula is C20H20FN7O2. The fourth-order valence-electron chi connectivity index (χ4n) is 4.73. The van der Waals surface area contributed by atoms with Gasteiger partial charge in [0.15, 0.2) is 11.5 Å². The van der Waals surface area contributed by atoms with Crippen LogP contribution in [0.5, 0.6) is 5.88 Å². The molecule has 10 heteroatoms. The van der Waals surface area contributed by atoms with Crippen LogP contribution in [0, 0.1) is 17.7 Å². The predicted molar refractivity (Wildman–Crippen MR) is 106 cm³/mol. The zero-order valence-electron chi connectivity index (χ0n) is 16.2. The second kappa shape index (κ2) is 6.04. The summed E-state index contributed by atoms with van der Waals surface area (Å²) in [7, 11) is 0. The Kier molecular flexibility index (Phi) is 3.51. The number of halogens is 1. The number of nitrogen functional groups attached to an aromatic ring is 1. The number of ether oxygens (including phenoxy) is 1. The van der Waals surface area contributed by atoms with Crippen molar-refractivity contribution in [3.05, 3.63) is 41.5 Å². The second-order valence-corrected chi connectivity index (χ2v) is 8.30. The highest BCUT2D eigenvalue weighted by Gasteiger charge is 2.54. The normalized spacial score (nSPS) is 27.3. The quantitative estimate of drug-likeness (QED) is 0.580. The third-order valence-electron chi connectivity index (χ3n) is 6.18. The molecule has 3 aromatic heterocycles. The molecule has 1 aliphatic carbocycles. The molecule has 3 aromatic rings. The van der Waals surface area contributed by atoms with Gasteiger partial charge in [0.1, 0.15) is 23.8 Å². The molecule has 1 saturated heterocycles. The number of fused-ring (bicyclic) bond motifs is 7. The summed E-state index contributed by atoms with van der Waals surface area (Å²) >= 11 is 0. The summed E-state index contributed by atoms with van der Waals surface area (Å²) < 4.78 is 21.6. The van der Waals surface area contributed by atoms with E-state index in [0.29, 0.717) is 34.7 Å². The maximum absolute atomic E-state index is 14.2. The van der Waals surface area contributed by atoms with E-state index in [-0.39, 0.29) is 36.0 Å². The lowest BCUT2D eigenvalue weighted by molar-refractivity contribution is 0.0928. The molecule has 2 aliphatic heterocycles. The molecule has 4 atom stereocenters. The van der Waals surface area contributed by atoms with Crippen molar-refractivity contribution in [2.75, 3.05) is 23.8 Å². The lowest BCUT2D eigenvalue weighted by Gasteiger charge is -2.29. The number of pyridine rings is 1. The van der Waals surface area contributed by atoms with E-state index in [0.717, 1.165) is 19.2 Å². The Hall–Kier alpha value is -3.43. The van der Waals surface area contributed by atoms with Gasteiger partial charge in [0, 0.05) is 18.3 Å². The van der Waals surface area contributed by atoms with Crippen molar-refractivity contribution in [1.29, 1.82) is 0 Å². The van der Waals surface area contributed by atoms with Crippen molar-refractivity contribution in [2.45, 2.75) is 25.4 Å². The predicted octanol–water partition coefficient (Wildman–Crippen LogP) is 1.55. The van der Waals surface area contributed by atoms with Crippen molar-refractivity contribution in [3.63, 3.8) is 0 Å². The van der Waals surface area contributed by atoms with Crippen molar-refractivity contribution in [1.82, 2.24) is 24.9 Å². The molecule has 5 heterocycles. The largest absolute Gasteiger partial charge is 0.475 e. The molecule has 154 valence electrons. The van der Waals surface area contributed by atoms with Gasteiger partial charge in [-0.1, -0.05) is 0 Å². The first kappa shape index (κ1) is 17.4. The molecule has 30 heavy (non-hydrogen) atoms. The van der Waals surface area contributed by atoms with Gasteiger partial charge in [-0.3, -0.25) is 4.79 Å². The van der Waals surface area contributed by atoms with E-state index in [1.165, 1.54) is 10.6 Å². The van der Waals surface area contributed by atoms with E-state index in [1.807, 2.05) is 13.0 Å². The number of nitrogens with zero attached hydrogens (tertiary/aromatic N) is 5. The summed E-state index contributed by atoms with van der Waals surface area (Å²) in [4.78, 5) is 24.0. The third-order valence-corrected chi connectivity index (χ3v) is 6.18. The summed E-state index contributed by atoms with van der Waals surface area (Å²) in [6, 6.07) is 2.93. The minimum absolute atomic E-state index is 0.0911. The van der Waals surface area contributed by atoms with Crippen LogP contribution in [0.15, 0.2) is 24.5 Å². The Bertz CT molecular complexity index is 1200. The molecule has 6 rings (SSSR count). The third kappa shape index (κ3) is 2.52. The van der Waals surface area contributed by atoms with Gasteiger partial charge in [0.05, 0.1) is 18.3 Å². The lowest BCUT2D eigenvalue weighted by Crippen LogP contribution is -2.37. The molecule has 0 radical (unpaired) electrons. The van der Waals surface area contributed by atoms with Crippen LogP contribution in [0.3, 0.4) is 0 Å². The maximum Gasteiger partial charge on any atom is 0.259 e. The van der Waals surface area contributed by atoms with Gasteiger partial charge < -0.3 is 20.7 Å². The van der Waals surface area contributed by atoms with Crippen LogP contribution in [0.4, 0.5) is 16.0 Å². The van der Waals surface area contributed by atoms with Crippen molar-refractivity contribution >= 4 is 23.2 Å². The maximum atomic E-state index is 14.2. The average molecular weight is 409 g/mol. The zero-order chi connectivity index (χ0) is 20.6. The summed E-state index contributed by atoms with van der Waals surface area (Å²) in [5, 5.41) is 7.09. The number of hydrogen-bond donors (Lipinski definition) is 2. The number of aromatic nitrogens is 4. The minimum Gasteiger partial charge on any atom is -0.475 e. The molecule has 2 bridgehead atoms. The van der Waals surface area contributed by atoms with Gasteiger partial charge in [-0.15, -0.1) is 5.10 Å². The van der Waals surface area contributed by atoms with Crippen LogP contribution >= 0.6 is 0 Å². The number of carbonyl (C=O) groups is 1. The fraction of sp³-hybridized carbons (Fsp3) is 0.400. The topological polar surface area (TPSA) is 111 Å². The first-order valence-electron chi connectivity index (χ1n) is 10.00. The van der Waals surface area contributed by atoms with E-state index in [1.54, 1.807) is 6.20 Å². The number of carbonyl (C=O) groups excluding carboxylic acids is 1. The van der Waals surface area contributed by atoms with Crippen molar-refractivity contribution in [2.24, 2.45) is 11.8 Å². The number of nitrogens with two attached hydrogens (primary N) is 1. The van der Waals surface area contributed by atoms with E-state index in [4.69, 9.17) is 15.5 Å². The van der Waals surface area contributed by atoms with E-state index >= 15 is 0 Å². The van der Waals surface area contributed by atoms with E-state index < -0.39 is 5.82 Å². The highest BCUT2D eigenvalue weighted by molar-refractivity contribution is 6.04. The Morgan fingerprint density at radius 3 is 3.13 bits per heavy atom. The lowest BCUT2D eigenvalue weighted by atomic mass is 10.0. The standard InChI is InChI=1S/C20H20FN7O2/c1-9-8-30-20-13(5-11(21)6-23-20)16-12-4-10(12)7-27(16)14-2-3-28-18(25-14)15(17(22)26-28)19(29)24-9/h2-3,5-6,9-10,12,16H,4,7-8H2,1H3,(H2,22,26)(H,24,29)/t9-,10-,12-,16-/m1/s1. The second-order valence-electron chi connectivity index (χ2n) is 8.30. The number of rotatable bonds is 0. The van der Waals surface area contributed by atoms with Crippen LogP contribution in [0.1, 0.15) is 35.3 Å². The molecule has 1 amide bonds. The Balaban J connectivity index is 1.56. The van der Waals surface area contributed by atoms with E-state index in [2.05, 4.69) is 20.3 Å². The number of anilines is 2. The Morgan fingerprint density at radius 2 is 2.27 bits per heavy atom. The minimum atomic E-state index is -0.402. The van der Waals surface area contributed by atoms with Gasteiger partial charge in [-0.05, 0) is 37.3 Å². The van der Waals surface area contributed by atoms with Gasteiger partial charge in [-0.2, -0.15) is 0 Å². The number of piperidine rings is 1. The number of hydrogen-bond acceptors (Lipinski definition) is 7. The monoisotopic (exact) mass is 409 g/mol. The van der Waals surface area contributed by atoms with Crippen LogP contribution in [-0.2, 0) is 0 Å².